The number of aliphatic hydroxyl groups excluding tert-OH is 2. The highest BCUT2D eigenvalue weighted by molar-refractivity contribution is 6.20. The van der Waals surface area contributed by atoms with Crippen molar-refractivity contribution in [3.05, 3.63) is 34.1 Å². The highest BCUT2D eigenvalue weighted by atomic mass is 16.3. The molecule has 1 aromatic carbocycles. The number of benzene rings is 1. The summed E-state index contributed by atoms with van der Waals surface area (Å²) >= 11 is 0. The van der Waals surface area contributed by atoms with Gasteiger partial charge in [-0.25, -0.2) is 0 Å². The maximum atomic E-state index is 13.8. The van der Waals surface area contributed by atoms with E-state index in [2.05, 4.69) is 10.6 Å². The molecule has 1 aromatic rings. The molecule has 0 saturated heterocycles. The highest BCUT2D eigenvalue weighted by Crippen LogP contribution is 2.49. The fourth-order valence-electron chi connectivity index (χ4n) is 6.39. The van der Waals surface area contributed by atoms with Gasteiger partial charge in [0.2, 0.25) is 5.91 Å². The predicted molar refractivity (Wildman–Crippen MR) is 174 cm³/mol. The number of nitrogens with two attached hydrogens (primary N) is 1. The Morgan fingerprint density at radius 3 is 2.20 bits per heavy atom. The average Bonchev–Trinajstić information content (AvgIpc) is 2.87. The van der Waals surface area contributed by atoms with E-state index in [0.29, 0.717) is 11.3 Å². The number of Topliss-reactive ketones (excluding diaryl/α,β-unsaturated/α-hetero) is 2. The molecule has 0 saturated carbocycles. The molecule has 0 aliphatic heterocycles. The fraction of sp³-hybridized carbons (Fsp3) is 0.576. The molecule has 0 radical (unpaired) electrons. The number of aliphatic hydroxyl groups is 2. The number of phenolic OH excluding ortho intramolecular Hbond substituents is 1. The zero-order valence-corrected chi connectivity index (χ0v) is 27.9. The summed E-state index contributed by atoms with van der Waals surface area (Å²) in [6, 6.07) is 0.908. The van der Waals surface area contributed by atoms with Crippen molar-refractivity contribution in [1.29, 1.82) is 0 Å². The maximum Gasteiger partial charge on any atom is 0.255 e. The number of fused-ring (bicyclic) bond motifs is 1. The van der Waals surface area contributed by atoms with Crippen molar-refractivity contribution >= 4 is 40.5 Å². The van der Waals surface area contributed by atoms with Gasteiger partial charge in [-0.15, -0.1) is 0 Å². The van der Waals surface area contributed by atoms with Crippen molar-refractivity contribution in [2.75, 3.05) is 45.0 Å². The fourth-order valence-corrected chi connectivity index (χ4v) is 6.39. The Bertz CT molecular complexity index is 1440. The maximum absolute atomic E-state index is 13.8. The first-order chi connectivity index (χ1) is 20.7. The minimum atomic E-state index is -0.997. The van der Waals surface area contributed by atoms with Crippen LogP contribution in [0.2, 0.25) is 0 Å². The van der Waals surface area contributed by atoms with Crippen LogP contribution in [0.1, 0.15) is 65.0 Å². The lowest BCUT2D eigenvalue weighted by Gasteiger charge is -2.39. The van der Waals surface area contributed by atoms with Gasteiger partial charge in [0.1, 0.15) is 22.8 Å². The number of ketones is 2. The summed E-state index contributed by atoms with van der Waals surface area (Å²) in [5.41, 5.74) is 6.19. The summed E-state index contributed by atoms with van der Waals surface area (Å²) < 4.78 is 0. The number of hydrogen-bond donors (Lipinski definition) is 6. The van der Waals surface area contributed by atoms with E-state index in [1.54, 1.807) is 44.1 Å². The summed E-state index contributed by atoms with van der Waals surface area (Å²) in [5.74, 6) is -4.51. The number of anilines is 2. The first-order valence-electron chi connectivity index (χ1n) is 15.2. The molecule has 0 bridgehead atoms. The molecular formula is C33H49N5O7. The molecule has 45 heavy (non-hydrogen) atoms. The molecule has 0 spiro atoms. The number of allylic oxidation sites excluding steroid dienone is 1. The molecule has 12 heteroatoms. The van der Waals surface area contributed by atoms with Crippen LogP contribution in [-0.2, 0) is 25.6 Å². The quantitative estimate of drug-likeness (QED) is 0.157. The van der Waals surface area contributed by atoms with Crippen LogP contribution in [-0.4, -0.2) is 89.9 Å². The van der Waals surface area contributed by atoms with Gasteiger partial charge in [0.15, 0.2) is 11.6 Å². The lowest BCUT2D eigenvalue weighted by atomic mass is 9.70. The van der Waals surface area contributed by atoms with Crippen LogP contribution in [0, 0.1) is 17.8 Å². The Balaban J connectivity index is 2.16. The van der Waals surface area contributed by atoms with E-state index in [1.165, 1.54) is 0 Å². The number of nitrogens with zero attached hydrogens (tertiary/aromatic N) is 2. The van der Waals surface area contributed by atoms with Crippen molar-refractivity contribution in [1.82, 2.24) is 10.2 Å². The van der Waals surface area contributed by atoms with Gasteiger partial charge in [-0.1, -0.05) is 13.8 Å². The van der Waals surface area contributed by atoms with E-state index in [9.17, 15) is 34.5 Å². The number of rotatable bonds is 11. The van der Waals surface area contributed by atoms with E-state index in [0.717, 1.165) is 0 Å². The number of amides is 2. The second-order valence-corrected chi connectivity index (χ2v) is 14.0. The first-order valence-corrected chi connectivity index (χ1v) is 15.2. The zero-order chi connectivity index (χ0) is 34.1. The van der Waals surface area contributed by atoms with Gasteiger partial charge >= 0.3 is 0 Å². The van der Waals surface area contributed by atoms with Gasteiger partial charge in [0.05, 0.1) is 23.8 Å². The third-order valence-electron chi connectivity index (χ3n) is 8.26. The number of hydrogen-bond acceptors (Lipinski definition) is 10. The zero-order valence-electron chi connectivity index (χ0n) is 27.9. The molecule has 0 aromatic heterocycles. The van der Waals surface area contributed by atoms with Crippen molar-refractivity contribution in [2.45, 2.75) is 71.9 Å². The second kappa shape index (κ2) is 13.6. The second-order valence-electron chi connectivity index (χ2n) is 14.0. The monoisotopic (exact) mass is 627 g/mol. The number of phenols is 1. The topological polar surface area (TPSA) is 186 Å². The van der Waals surface area contributed by atoms with Gasteiger partial charge < -0.3 is 36.6 Å². The normalized spacial score (nSPS) is 20.5. The number of primary amides is 1. The Kier molecular flexibility index (Phi) is 10.8. The number of carbonyl (C=O) groups is 4. The van der Waals surface area contributed by atoms with Gasteiger partial charge in [-0.3, -0.25) is 24.1 Å². The molecule has 12 nitrogen and oxygen atoms in total. The van der Waals surface area contributed by atoms with Crippen LogP contribution in [0.3, 0.4) is 0 Å². The van der Waals surface area contributed by atoms with E-state index in [1.807, 2.05) is 34.6 Å². The average molecular weight is 628 g/mol. The third kappa shape index (κ3) is 7.85. The number of carbonyl (C=O) groups excluding carboxylic acids is 4. The molecule has 2 aliphatic rings. The van der Waals surface area contributed by atoms with Gasteiger partial charge in [-0.05, 0) is 77.1 Å². The minimum Gasteiger partial charge on any atom is -0.510 e. The van der Waals surface area contributed by atoms with Crippen molar-refractivity contribution in [3.8, 4) is 5.75 Å². The van der Waals surface area contributed by atoms with Crippen LogP contribution in [0.5, 0.6) is 5.75 Å². The minimum absolute atomic E-state index is 0.00868. The van der Waals surface area contributed by atoms with Crippen LogP contribution >= 0.6 is 0 Å². The molecule has 0 heterocycles. The van der Waals surface area contributed by atoms with Crippen LogP contribution in [0.15, 0.2) is 23.0 Å². The molecule has 248 valence electrons. The van der Waals surface area contributed by atoms with E-state index in [4.69, 9.17) is 5.73 Å². The Labute approximate surface area is 265 Å². The Morgan fingerprint density at radius 2 is 1.69 bits per heavy atom. The van der Waals surface area contributed by atoms with E-state index < -0.39 is 46.8 Å². The summed E-state index contributed by atoms with van der Waals surface area (Å²) in [5, 5.41) is 40.1. The first kappa shape index (κ1) is 35.6. The smallest absolute Gasteiger partial charge is 0.255 e. The highest BCUT2D eigenvalue weighted by Gasteiger charge is 2.44. The number of likely N-dealkylation sites (N-methyl/N-ethyl adjacent to an activating group) is 1. The standard InChI is InChI=1S/C33H49N5O7/c1-16(2)10-22(39)25-17(11-18-13-23(40)27(32(34)45)31(44)28(18)38(8)9)12-19-21(37(6)7)14-20(29(42)26(19)30(25)43)36-24(41)15-35-33(3,4)5/h14,16-18,28,35,42-44H,10-13,15H2,1-9H3,(H2,34,45)(H,36,41)/t17-,18-,28+/m1/s1. The van der Waals surface area contributed by atoms with Gasteiger partial charge in [-0.2, -0.15) is 0 Å². The molecule has 2 aliphatic carbocycles. The summed E-state index contributed by atoms with van der Waals surface area (Å²) in [6.45, 7) is 9.54. The Morgan fingerprint density at radius 1 is 1.07 bits per heavy atom. The largest absolute Gasteiger partial charge is 0.510 e. The molecule has 3 rings (SSSR count). The van der Waals surface area contributed by atoms with Crippen LogP contribution in [0.25, 0.3) is 5.76 Å². The van der Waals surface area contributed by atoms with Crippen molar-refractivity contribution in [3.63, 3.8) is 0 Å². The van der Waals surface area contributed by atoms with Crippen LogP contribution in [0.4, 0.5) is 11.4 Å². The Hall–Kier alpha value is -3.90. The lowest BCUT2D eigenvalue weighted by Crippen LogP contribution is -2.45. The van der Waals surface area contributed by atoms with Crippen molar-refractivity contribution < 1.29 is 34.5 Å². The van der Waals surface area contributed by atoms with E-state index in [-0.39, 0.29) is 77.8 Å². The molecule has 2 amide bonds. The lowest BCUT2D eigenvalue weighted by molar-refractivity contribution is -0.123. The van der Waals surface area contributed by atoms with E-state index >= 15 is 0 Å². The molecule has 3 atom stereocenters. The summed E-state index contributed by atoms with van der Waals surface area (Å²) in [6.07, 6.45) is 0.509. The predicted octanol–water partition coefficient (Wildman–Crippen LogP) is 3.05. The van der Waals surface area contributed by atoms with Crippen molar-refractivity contribution in [2.24, 2.45) is 23.5 Å². The molecular weight excluding hydrogens is 578 g/mol. The molecule has 0 unspecified atom stereocenters. The number of aromatic hydroxyl groups is 1. The van der Waals surface area contributed by atoms with Crippen LogP contribution < -0.4 is 21.3 Å². The number of nitrogens with one attached hydrogen (secondary N) is 2. The third-order valence-corrected chi connectivity index (χ3v) is 8.26. The summed E-state index contributed by atoms with van der Waals surface area (Å²) in [7, 11) is 7.02. The van der Waals surface area contributed by atoms with Gasteiger partial charge in [0.25, 0.3) is 5.91 Å². The SMILES string of the molecule is CC(C)CC(=O)C1=C(O)c2c(O)c(NC(=O)CNC(C)(C)C)cc(N(C)C)c2C[C@H]1C[C@@H]1CC(=O)C(C(N)=O)=C(O)[C@H]1N(C)C. The van der Waals surface area contributed by atoms with Gasteiger partial charge in [0, 0.05) is 43.7 Å². The molecule has 7 N–H and O–H groups in total. The summed E-state index contributed by atoms with van der Waals surface area (Å²) in [4.78, 5) is 55.0. The molecule has 0 fully saturated rings.